The van der Waals surface area contributed by atoms with Gasteiger partial charge in [0, 0.05) is 12.3 Å². The first kappa shape index (κ1) is 71.6. The Labute approximate surface area is 540 Å². The maximum atomic E-state index is 12.5. The van der Waals surface area contributed by atoms with E-state index < -0.39 is 216 Å². The van der Waals surface area contributed by atoms with Gasteiger partial charge in [-0.3, -0.25) is 0 Å². The SMILES string of the molecule is CC1CCC2(OC1)OC1CCC3C4CCC5CC(OC6OC(CO)C(O)C(OC7OC(CO)C(O)C(OC8OC(CO)C(O)C(O)C8O)C7OC7OC(C)C(O)C(O)C7O)C6OC6OC(C)C(OC7OCC(O)C(O)C7O)C(O)C6O)CCC5(C)C4CCC3(C)C1C2C. The van der Waals surface area contributed by atoms with E-state index in [1.54, 1.807) is 0 Å². The molecule has 8 saturated heterocycles. The fourth-order valence-electron chi connectivity index (χ4n) is 19.0. The Hall–Kier alpha value is -1.20. The van der Waals surface area contributed by atoms with Crippen LogP contribution in [0.3, 0.4) is 0 Å². The lowest BCUT2D eigenvalue weighted by molar-refractivity contribution is -0.417. The van der Waals surface area contributed by atoms with E-state index in [0.717, 1.165) is 57.8 Å². The van der Waals surface area contributed by atoms with Crippen molar-refractivity contribution in [3.8, 4) is 0 Å². The first-order valence-corrected chi connectivity index (χ1v) is 34.0. The van der Waals surface area contributed by atoms with Gasteiger partial charge in [0.1, 0.15) is 128 Å². The van der Waals surface area contributed by atoms with Gasteiger partial charge in [0.2, 0.25) is 0 Å². The fourth-order valence-corrected chi connectivity index (χ4v) is 19.0. The molecule has 8 heterocycles. The lowest BCUT2D eigenvalue weighted by Gasteiger charge is -2.64. The lowest BCUT2D eigenvalue weighted by atomic mass is 9.41. The molecule has 536 valence electrons. The highest BCUT2D eigenvalue weighted by molar-refractivity contribution is 5.14. The number of aliphatic hydroxyl groups is 16. The summed E-state index contributed by atoms with van der Waals surface area (Å²) in [7, 11) is 0. The minimum atomic E-state index is -2.09. The van der Waals surface area contributed by atoms with Crippen molar-refractivity contribution in [3.05, 3.63) is 0 Å². The summed E-state index contributed by atoms with van der Waals surface area (Å²) in [6.45, 7) is 9.85. The summed E-state index contributed by atoms with van der Waals surface area (Å²) >= 11 is 0. The highest BCUT2D eigenvalue weighted by Crippen LogP contribution is 2.70. The molecule has 0 aromatic rings. The zero-order chi connectivity index (χ0) is 66.7. The van der Waals surface area contributed by atoms with Gasteiger partial charge in [-0.1, -0.05) is 27.7 Å². The normalized spacial score (nSPS) is 57.6. The number of hydrogen-bond acceptors (Lipinski definition) is 30. The van der Waals surface area contributed by atoms with Gasteiger partial charge in [-0.2, -0.15) is 0 Å². The molecular formula is C63H104O30. The molecule has 12 fully saturated rings. The third-order valence-electron chi connectivity index (χ3n) is 24.4. The van der Waals surface area contributed by atoms with Crippen LogP contribution in [-0.2, 0) is 66.3 Å². The van der Waals surface area contributed by atoms with Crippen LogP contribution in [0, 0.1) is 52.3 Å². The summed E-state index contributed by atoms with van der Waals surface area (Å²) in [5.41, 5.74) is 0.0155. The van der Waals surface area contributed by atoms with Crippen LogP contribution in [0.25, 0.3) is 0 Å². The molecule has 4 saturated carbocycles. The number of rotatable bonds is 15. The van der Waals surface area contributed by atoms with Gasteiger partial charge in [-0.05, 0) is 124 Å². The van der Waals surface area contributed by atoms with E-state index in [-0.39, 0.29) is 28.8 Å². The molecule has 0 amide bonds. The maximum Gasteiger partial charge on any atom is 0.187 e. The molecule has 30 nitrogen and oxygen atoms in total. The zero-order valence-electron chi connectivity index (χ0n) is 53.6. The van der Waals surface area contributed by atoms with Gasteiger partial charge in [0.15, 0.2) is 43.5 Å². The number of ether oxygens (including phenoxy) is 14. The predicted molar refractivity (Wildman–Crippen MR) is 309 cm³/mol. The standard InChI is InChI=1S/C63H104O30/c1-23-11-16-63(81-21-23)24(2)37-33(93-63)10-9-30-29-8-7-27-17-28(12-14-61(27,5)31(29)13-15-62(30,37)6)84-59-53(91-57-49(79)45(75)50(26(4)83-57)88-55-46(76)39(69)32(67)22-80-55)52(42(72)35(19-65)86-59)90-60-54(92-56-47(77)43(73)38(68)25(3)82-56)51(41(71)36(20-66)87-60)89-58-48(78)44(74)40(70)34(18-64)85-58/h23-60,64-79H,7-22H2,1-6H3. The molecule has 41 unspecified atom stereocenters. The molecule has 12 aliphatic rings. The topological polar surface area (TPSA) is 453 Å². The Morgan fingerprint density at radius 2 is 0.925 bits per heavy atom. The Morgan fingerprint density at radius 1 is 0.409 bits per heavy atom. The van der Waals surface area contributed by atoms with E-state index in [1.807, 2.05) is 0 Å². The van der Waals surface area contributed by atoms with Gasteiger partial charge < -0.3 is 148 Å². The third kappa shape index (κ3) is 13.0. The van der Waals surface area contributed by atoms with Crippen LogP contribution in [0.15, 0.2) is 0 Å². The lowest BCUT2D eigenvalue weighted by Crippen LogP contribution is -2.69. The second-order valence-corrected chi connectivity index (χ2v) is 29.8. The summed E-state index contributed by atoms with van der Waals surface area (Å²) in [4.78, 5) is 0. The molecule has 41 atom stereocenters. The van der Waals surface area contributed by atoms with Crippen LogP contribution >= 0.6 is 0 Å². The number of hydrogen-bond donors (Lipinski definition) is 16. The molecule has 0 aromatic heterocycles. The molecule has 0 bridgehead atoms. The molecule has 0 aromatic carbocycles. The molecule has 4 aliphatic carbocycles. The Bertz CT molecular complexity index is 2450. The van der Waals surface area contributed by atoms with E-state index in [0.29, 0.717) is 49.0 Å². The van der Waals surface area contributed by atoms with Crippen molar-refractivity contribution in [1.29, 1.82) is 0 Å². The van der Waals surface area contributed by atoms with E-state index in [1.165, 1.54) is 13.8 Å². The quantitative estimate of drug-likeness (QED) is 0.0692. The third-order valence-corrected chi connectivity index (χ3v) is 24.4. The van der Waals surface area contributed by atoms with Gasteiger partial charge in [-0.25, -0.2) is 0 Å². The van der Waals surface area contributed by atoms with Gasteiger partial charge in [0.05, 0.1) is 57.5 Å². The average Bonchev–Trinajstić information content (AvgIpc) is 1.66. The Balaban J connectivity index is 0.836. The van der Waals surface area contributed by atoms with Crippen LogP contribution in [-0.4, -0.2) is 311 Å². The van der Waals surface area contributed by atoms with Crippen molar-refractivity contribution >= 4 is 0 Å². The van der Waals surface area contributed by atoms with Crippen molar-refractivity contribution in [2.75, 3.05) is 33.0 Å². The first-order chi connectivity index (χ1) is 44.2. The highest BCUT2D eigenvalue weighted by Gasteiger charge is 2.68. The van der Waals surface area contributed by atoms with Crippen molar-refractivity contribution in [2.45, 2.75) is 308 Å². The fraction of sp³-hybridized carbons (Fsp3) is 1.00. The van der Waals surface area contributed by atoms with Crippen LogP contribution in [0.2, 0.25) is 0 Å². The molecule has 30 heteroatoms. The van der Waals surface area contributed by atoms with Crippen LogP contribution < -0.4 is 0 Å². The van der Waals surface area contributed by atoms with Crippen LogP contribution in [0.5, 0.6) is 0 Å². The minimum absolute atomic E-state index is 0.0696. The molecule has 8 aliphatic heterocycles. The molecule has 93 heavy (non-hydrogen) atoms. The van der Waals surface area contributed by atoms with Crippen LogP contribution in [0.4, 0.5) is 0 Å². The van der Waals surface area contributed by atoms with Crippen molar-refractivity contribution < 1.29 is 148 Å². The Morgan fingerprint density at radius 3 is 1.55 bits per heavy atom. The van der Waals surface area contributed by atoms with E-state index >= 15 is 0 Å². The van der Waals surface area contributed by atoms with Crippen LogP contribution in [0.1, 0.15) is 112 Å². The average molecular weight is 1340 g/mol. The summed E-state index contributed by atoms with van der Waals surface area (Å²) in [6, 6.07) is 0. The molecule has 0 radical (unpaired) electrons. The second kappa shape index (κ2) is 28.3. The summed E-state index contributed by atoms with van der Waals surface area (Å²) < 4.78 is 88.2. The summed E-state index contributed by atoms with van der Waals surface area (Å²) in [5, 5.41) is 177. The van der Waals surface area contributed by atoms with Gasteiger partial charge >= 0.3 is 0 Å². The number of aliphatic hydroxyl groups excluding tert-OH is 16. The van der Waals surface area contributed by atoms with Crippen molar-refractivity contribution in [1.82, 2.24) is 0 Å². The van der Waals surface area contributed by atoms with Crippen molar-refractivity contribution in [3.63, 3.8) is 0 Å². The second-order valence-electron chi connectivity index (χ2n) is 29.8. The Kier molecular flexibility index (Phi) is 21.8. The molecule has 12 rings (SSSR count). The molecule has 1 spiro atoms. The van der Waals surface area contributed by atoms with E-state index in [2.05, 4.69) is 27.7 Å². The largest absolute Gasteiger partial charge is 0.394 e. The first-order valence-electron chi connectivity index (χ1n) is 34.0. The molecule has 16 N–H and O–H groups in total. The minimum Gasteiger partial charge on any atom is -0.394 e. The van der Waals surface area contributed by atoms with Gasteiger partial charge in [-0.15, -0.1) is 0 Å². The van der Waals surface area contributed by atoms with Crippen molar-refractivity contribution in [2.24, 2.45) is 52.3 Å². The van der Waals surface area contributed by atoms with Gasteiger partial charge in [0.25, 0.3) is 0 Å². The predicted octanol–water partition coefficient (Wildman–Crippen LogP) is -4.18. The highest BCUT2D eigenvalue weighted by atomic mass is 16.8. The maximum absolute atomic E-state index is 12.5. The smallest absolute Gasteiger partial charge is 0.187 e. The summed E-state index contributed by atoms with van der Waals surface area (Å²) in [6.07, 6.45) is -42.2. The zero-order valence-corrected chi connectivity index (χ0v) is 53.6. The monoisotopic (exact) mass is 1340 g/mol. The van der Waals surface area contributed by atoms with E-state index in [9.17, 15) is 81.7 Å². The number of fused-ring (bicyclic) bond motifs is 7. The molecular weight excluding hydrogens is 1240 g/mol. The van der Waals surface area contributed by atoms with E-state index in [4.69, 9.17) is 66.3 Å². The summed E-state index contributed by atoms with van der Waals surface area (Å²) in [5.74, 6) is 2.27.